The number of hydrogen-bond acceptors (Lipinski definition) is 6. The maximum atomic E-state index is 12.6. The zero-order chi connectivity index (χ0) is 19.4. The monoisotopic (exact) mass is 358 g/mol. The minimum absolute atomic E-state index is 0.0804. The van der Waals surface area contributed by atoms with Crippen LogP contribution in [0.2, 0.25) is 0 Å². The maximum Gasteiger partial charge on any atom is 0.323 e. The van der Waals surface area contributed by atoms with Crippen molar-refractivity contribution >= 4 is 17.9 Å². The molecule has 6 heteroatoms. The molecule has 1 aromatic rings. The van der Waals surface area contributed by atoms with Gasteiger partial charge in [0.05, 0.1) is 13.2 Å². The van der Waals surface area contributed by atoms with Crippen molar-refractivity contribution in [2.75, 3.05) is 13.2 Å². The lowest BCUT2D eigenvalue weighted by molar-refractivity contribution is -0.170. The van der Waals surface area contributed by atoms with Gasteiger partial charge in [0.2, 0.25) is 5.60 Å². The molecule has 6 nitrogen and oxygen atoms in total. The van der Waals surface area contributed by atoms with Gasteiger partial charge in [-0.3, -0.25) is 14.4 Å². The standard InChI is InChI=1S/C20H22O6/c1-5-20(26-14(4)21,15-11-9-8-10-12-15)16-13-19(16,17(22)24-6-2)18(23)25-7-3/h1,8-12,16H,6-7,13H2,2-4H3. The molecule has 0 aliphatic heterocycles. The predicted octanol–water partition coefficient (Wildman–Crippen LogP) is 2.21. The summed E-state index contributed by atoms with van der Waals surface area (Å²) in [5.41, 5.74) is -2.63. The molecule has 0 radical (unpaired) electrons. The zero-order valence-corrected chi connectivity index (χ0v) is 15.1. The second-order valence-electron chi connectivity index (χ2n) is 6.01. The second-order valence-corrected chi connectivity index (χ2v) is 6.01. The highest BCUT2D eigenvalue weighted by atomic mass is 16.6. The number of rotatable bonds is 7. The fourth-order valence-corrected chi connectivity index (χ4v) is 3.27. The lowest BCUT2D eigenvalue weighted by Gasteiger charge is -2.30. The van der Waals surface area contributed by atoms with Crippen molar-refractivity contribution < 1.29 is 28.6 Å². The average Bonchev–Trinajstić information content (AvgIpc) is 3.38. The van der Waals surface area contributed by atoms with Gasteiger partial charge in [0.1, 0.15) is 0 Å². The van der Waals surface area contributed by atoms with Gasteiger partial charge in [-0.1, -0.05) is 36.3 Å². The molecule has 1 saturated carbocycles. The van der Waals surface area contributed by atoms with Gasteiger partial charge in [0, 0.05) is 18.4 Å². The van der Waals surface area contributed by atoms with Gasteiger partial charge in [0.15, 0.2) is 5.41 Å². The molecule has 1 aliphatic rings. The molecule has 1 aliphatic carbocycles. The van der Waals surface area contributed by atoms with E-state index in [9.17, 15) is 14.4 Å². The first-order chi connectivity index (χ1) is 12.4. The Morgan fingerprint density at radius 3 is 2.12 bits per heavy atom. The van der Waals surface area contributed by atoms with Crippen LogP contribution >= 0.6 is 0 Å². The van der Waals surface area contributed by atoms with Crippen LogP contribution < -0.4 is 0 Å². The lowest BCUT2D eigenvalue weighted by Crippen LogP contribution is -2.41. The summed E-state index contributed by atoms with van der Waals surface area (Å²) in [6, 6.07) is 8.66. The molecule has 0 bridgehead atoms. The summed E-state index contributed by atoms with van der Waals surface area (Å²) < 4.78 is 15.7. The van der Waals surface area contributed by atoms with Crippen LogP contribution in [-0.4, -0.2) is 31.1 Å². The highest BCUT2D eigenvalue weighted by Gasteiger charge is 2.76. The fourth-order valence-electron chi connectivity index (χ4n) is 3.27. The Morgan fingerprint density at radius 2 is 1.69 bits per heavy atom. The van der Waals surface area contributed by atoms with E-state index < -0.39 is 34.8 Å². The molecule has 1 aromatic carbocycles. The van der Waals surface area contributed by atoms with E-state index >= 15 is 0 Å². The molecule has 138 valence electrons. The van der Waals surface area contributed by atoms with E-state index in [1.165, 1.54) is 6.92 Å². The van der Waals surface area contributed by atoms with Crippen molar-refractivity contribution in [1.82, 2.24) is 0 Å². The fraction of sp³-hybridized carbons (Fsp3) is 0.450. The molecule has 26 heavy (non-hydrogen) atoms. The molecule has 0 aromatic heterocycles. The van der Waals surface area contributed by atoms with Crippen molar-refractivity contribution in [3.63, 3.8) is 0 Å². The Hall–Kier alpha value is -2.81. The zero-order valence-electron chi connectivity index (χ0n) is 15.1. The van der Waals surface area contributed by atoms with Gasteiger partial charge in [-0.2, -0.15) is 0 Å². The third kappa shape index (κ3) is 3.17. The Labute approximate surface area is 152 Å². The number of ether oxygens (including phenoxy) is 3. The van der Waals surface area contributed by atoms with E-state index in [4.69, 9.17) is 20.6 Å². The summed E-state index contributed by atoms with van der Waals surface area (Å²) in [5, 5.41) is 0. The first kappa shape index (κ1) is 19.5. The van der Waals surface area contributed by atoms with Gasteiger partial charge in [0.25, 0.3) is 0 Å². The topological polar surface area (TPSA) is 78.9 Å². The molecule has 1 fully saturated rings. The minimum atomic E-state index is -1.58. The summed E-state index contributed by atoms with van der Waals surface area (Å²) >= 11 is 0. The van der Waals surface area contributed by atoms with E-state index in [1.54, 1.807) is 44.2 Å². The van der Waals surface area contributed by atoms with Crippen LogP contribution in [0.3, 0.4) is 0 Å². The summed E-state index contributed by atoms with van der Waals surface area (Å²) in [4.78, 5) is 37.0. The van der Waals surface area contributed by atoms with Crippen molar-refractivity contribution in [2.24, 2.45) is 11.3 Å². The highest BCUT2D eigenvalue weighted by Crippen LogP contribution is 2.63. The highest BCUT2D eigenvalue weighted by molar-refractivity contribution is 6.04. The van der Waals surface area contributed by atoms with E-state index in [1.807, 2.05) is 0 Å². The van der Waals surface area contributed by atoms with Crippen molar-refractivity contribution in [3.8, 4) is 12.3 Å². The number of terminal acetylenes is 1. The van der Waals surface area contributed by atoms with Crippen LogP contribution in [0.5, 0.6) is 0 Å². The summed E-state index contributed by atoms with van der Waals surface area (Å²) in [6.45, 7) is 4.73. The Balaban J connectivity index is 2.55. The average molecular weight is 358 g/mol. The van der Waals surface area contributed by atoms with Crippen LogP contribution in [0.15, 0.2) is 30.3 Å². The molecule has 0 N–H and O–H groups in total. The number of carbonyl (C=O) groups excluding carboxylic acids is 3. The Bertz CT molecular complexity index is 714. The number of hydrogen-bond donors (Lipinski definition) is 0. The van der Waals surface area contributed by atoms with E-state index in [0.717, 1.165) is 0 Å². The molecular weight excluding hydrogens is 336 g/mol. The van der Waals surface area contributed by atoms with Gasteiger partial charge in [-0.15, -0.1) is 6.42 Å². The quantitative estimate of drug-likeness (QED) is 0.322. The van der Waals surface area contributed by atoms with Gasteiger partial charge in [-0.05, 0) is 20.3 Å². The maximum absolute atomic E-state index is 12.6. The van der Waals surface area contributed by atoms with Crippen LogP contribution in [0.1, 0.15) is 32.8 Å². The smallest absolute Gasteiger partial charge is 0.323 e. The van der Waals surface area contributed by atoms with Gasteiger partial charge >= 0.3 is 17.9 Å². The third-order valence-corrected chi connectivity index (χ3v) is 4.45. The minimum Gasteiger partial charge on any atom is -0.465 e. The van der Waals surface area contributed by atoms with Crippen LogP contribution in [0.4, 0.5) is 0 Å². The Kier molecular flexibility index (Phi) is 5.71. The largest absolute Gasteiger partial charge is 0.465 e. The molecule has 0 amide bonds. The van der Waals surface area contributed by atoms with Crippen molar-refractivity contribution in [1.29, 1.82) is 0 Å². The molecule has 2 rings (SSSR count). The number of esters is 3. The van der Waals surface area contributed by atoms with Crippen LogP contribution in [0, 0.1) is 23.7 Å². The molecule has 2 unspecified atom stereocenters. The predicted molar refractivity (Wildman–Crippen MR) is 92.5 cm³/mol. The number of carbonyl (C=O) groups is 3. The molecular formula is C20H22O6. The lowest BCUT2D eigenvalue weighted by atomic mass is 9.84. The van der Waals surface area contributed by atoms with Crippen LogP contribution in [-0.2, 0) is 34.2 Å². The van der Waals surface area contributed by atoms with E-state index in [0.29, 0.717) is 5.56 Å². The summed E-state index contributed by atoms with van der Waals surface area (Å²) in [5.74, 6) is -0.302. The molecule has 2 atom stereocenters. The Morgan fingerprint density at radius 1 is 1.15 bits per heavy atom. The second kappa shape index (κ2) is 7.61. The molecule has 0 spiro atoms. The molecule has 0 heterocycles. The summed E-state index contributed by atoms with van der Waals surface area (Å²) in [6.07, 6.45) is 5.85. The third-order valence-electron chi connectivity index (χ3n) is 4.45. The normalized spacial score (nSPS) is 19.4. The van der Waals surface area contributed by atoms with E-state index in [2.05, 4.69) is 5.92 Å². The summed E-state index contributed by atoms with van der Waals surface area (Å²) in [7, 11) is 0. The van der Waals surface area contributed by atoms with E-state index in [-0.39, 0.29) is 19.6 Å². The van der Waals surface area contributed by atoms with Crippen molar-refractivity contribution in [2.45, 2.75) is 32.8 Å². The first-order valence-electron chi connectivity index (χ1n) is 8.46. The first-order valence-corrected chi connectivity index (χ1v) is 8.46. The molecule has 0 saturated heterocycles. The van der Waals surface area contributed by atoms with Gasteiger partial charge in [-0.25, -0.2) is 0 Å². The van der Waals surface area contributed by atoms with Gasteiger partial charge < -0.3 is 14.2 Å². The number of benzene rings is 1. The SMILES string of the molecule is C#CC(OC(C)=O)(c1ccccc1)C1CC1(C(=O)OCC)C(=O)OCC. The van der Waals surface area contributed by atoms with Crippen LogP contribution in [0.25, 0.3) is 0 Å². The van der Waals surface area contributed by atoms with Crippen molar-refractivity contribution in [3.05, 3.63) is 35.9 Å².